The van der Waals surface area contributed by atoms with E-state index < -0.39 is 0 Å². The predicted octanol–water partition coefficient (Wildman–Crippen LogP) is 10.4. The van der Waals surface area contributed by atoms with Gasteiger partial charge in [0, 0.05) is 38.0 Å². The Hall–Kier alpha value is -5.39. The van der Waals surface area contributed by atoms with E-state index in [4.69, 9.17) is 9.40 Å². The van der Waals surface area contributed by atoms with Crippen molar-refractivity contribution in [1.82, 2.24) is 14.1 Å². The van der Waals surface area contributed by atoms with Crippen molar-refractivity contribution >= 4 is 87.1 Å². The Bertz CT molecular complexity index is 2650. The topological polar surface area (TPSA) is 35.9 Å². The van der Waals surface area contributed by atoms with Crippen LogP contribution in [0.3, 0.4) is 0 Å². The molecular formula is C37H21N3OS. The third-order valence-electron chi connectivity index (χ3n) is 8.57. The summed E-state index contributed by atoms with van der Waals surface area (Å²) in [7, 11) is 0. The monoisotopic (exact) mass is 555 g/mol. The molecule has 0 fully saturated rings. The quantitative estimate of drug-likeness (QED) is 0.213. The van der Waals surface area contributed by atoms with Gasteiger partial charge in [0.2, 0.25) is 0 Å². The Balaban J connectivity index is 1.30. The standard InChI is InChI=1S/C37H21N3OS/c1-5-13-29-23(9-1)24-10-2-6-14-30(24)39(29)22-17-18-26-25-11-3-7-15-31(25)40(32(26)21-22)37-38-28-19-20-34-35(36(28)42-37)27-12-4-8-16-33(27)41-34/h1-21H. The number of rotatable bonds is 2. The van der Waals surface area contributed by atoms with Crippen LogP contribution in [0.15, 0.2) is 132 Å². The Morgan fingerprint density at radius 3 is 1.81 bits per heavy atom. The fraction of sp³-hybridized carbons (Fsp3) is 0. The minimum Gasteiger partial charge on any atom is -0.456 e. The summed E-state index contributed by atoms with van der Waals surface area (Å²) in [6, 6.07) is 45.2. The zero-order valence-electron chi connectivity index (χ0n) is 22.3. The molecule has 0 aliphatic rings. The molecule has 196 valence electrons. The lowest BCUT2D eigenvalue weighted by Gasteiger charge is -2.09. The molecule has 0 atom stereocenters. The van der Waals surface area contributed by atoms with Gasteiger partial charge in [-0.3, -0.25) is 4.57 Å². The molecule has 10 aromatic rings. The van der Waals surface area contributed by atoms with Gasteiger partial charge in [-0.1, -0.05) is 90.2 Å². The molecule has 0 spiro atoms. The van der Waals surface area contributed by atoms with Gasteiger partial charge in [0.1, 0.15) is 11.2 Å². The summed E-state index contributed by atoms with van der Waals surface area (Å²) in [6.07, 6.45) is 0. The molecule has 0 N–H and O–H groups in total. The zero-order chi connectivity index (χ0) is 27.4. The molecular weight excluding hydrogens is 534 g/mol. The van der Waals surface area contributed by atoms with E-state index in [9.17, 15) is 0 Å². The van der Waals surface area contributed by atoms with Gasteiger partial charge in [0.05, 0.1) is 32.3 Å². The van der Waals surface area contributed by atoms with E-state index >= 15 is 0 Å². The largest absolute Gasteiger partial charge is 0.456 e. The van der Waals surface area contributed by atoms with Gasteiger partial charge in [-0.25, -0.2) is 4.98 Å². The van der Waals surface area contributed by atoms with Crippen LogP contribution in [0, 0.1) is 0 Å². The zero-order valence-corrected chi connectivity index (χ0v) is 23.1. The molecule has 4 heterocycles. The van der Waals surface area contributed by atoms with Crippen LogP contribution in [0.2, 0.25) is 0 Å². The van der Waals surface area contributed by atoms with Crippen molar-refractivity contribution in [2.45, 2.75) is 0 Å². The van der Waals surface area contributed by atoms with Crippen molar-refractivity contribution in [3.05, 3.63) is 127 Å². The first kappa shape index (κ1) is 22.3. The molecule has 6 aromatic carbocycles. The van der Waals surface area contributed by atoms with E-state index in [1.807, 2.05) is 18.2 Å². The third-order valence-corrected chi connectivity index (χ3v) is 9.65. The lowest BCUT2D eigenvalue weighted by atomic mass is 10.1. The number of furan rings is 1. The second kappa shape index (κ2) is 8.09. The summed E-state index contributed by atoms with van der Waals surface area (Å²) >= 11 is 1.73. The molecule has 5 heteroatoms. The first-order chi connectivity index (χ1) is 20.8. The maximum Gasteiger partial charge on any atom is 0.195 e. The van der Waals surface area contributed by atoms with E-state index in [0.29, 0.717) is 0 Å². The summed E-state index contributed by atoms with van der Waals surface area (Å²) in [5.41, 5.74) is 8.62. The fourth-order valence-electron chi connectivity index (χ4n) is 6.78. The average molecular weight is 556 g/mol. The average Bonchev–Trinajstić information content (AvgIpc) is 3.79. The predicted molar refractivity (Wildman–Crippen MR) is 176 cm³/mol. The van der Waals surface area contributed by atoms with Crippen molar-refractivity contribution in [2.24, 2.45) is 0 Å². The Kier molecular flexibility index (Phi) is 4.30. The van der Waals surface area contributed by atoms with Crippen LogP contribution >= 0.6 is 11.3 Å². The van der Waals surface area contributed by atoms with Gasteiger partial charge in [-0.15, -0.1) is 0 Å². The number of fused-ring (bicyclic) bond motifs is 11. The molecule has 42 heavy (non-hydrogen) atoms. The highest BCUT2D eigenvalue weighted by Crippen LogP contribution is 2.41. The number of aromatic nitrogens is 3. The first-order valence-electron chi connectivity index (χ1n) is 14.1. The Labute approximate surface area is 243 Å². The number of hydrogen-bond acceptors (Lipinski definition) is 3. The summed E-state index contributed by atoms with van der Waals surface area (Å²) in [5, 5.41) is 8.18. The highest BCUT2D eigenvalue weighted by molar-refractivity contribution is 7.22. The van der Waals surface area contributed by atoms with Gasteiger partial charge < -0.3 is 8.98 Å². The van der Waals surface area contributed by atoms with Gasteiger partial charge in [-0.05, 0) is 48.5 Å². The van der Waals surface area contributed by atoms with Gasteiger partial charge in [-0.2, -0.15) is 0 Å². The summed E-state index contributed by atoms with van der Waals surface area (Å²) in [6.45, 7) is 0. The van der Waals surface area contributed by atoms with Gasteiger partial charge >= 0.3 is 0 Å². The van der Waals surface area contributed by atoms with Gasteiger partial charge in [0.15, 0.2) is 5.13 Å². The molecule has 0 saturated heterocycles. The van der Waals surface area contributed by atoms with Crippen LogP contribution in [-0.4, -0.2) is 14.1 Å². The SMILES string of the molecule is c1ccc2c(c1)oc1ccc3nc(-n4c5ccccc5c5ccc(-n6c7ccccc7c7ccccc76)cc54)sc3c12. The Morgan fingerprint density at radius 2 is 1.10 bits per heavy atom. The lowest BCUT2D eigenvalue weighted by Crippen LogP contribution is -1.96. The number of thiazole rings is 1. The van der Waals surface area contributed by atoms with Crippen molar-refractivity contribution in [3.8, 4) is 10.8 Å². The molecule has 0 aliphatic heterocycles. The number of benzene rings is 6. The molecule has 0 unspecified atom stereocenters. The third kappa shape index (κ3) is 2.88. The van der Waals surface area contributed by atoms with E-state index in [0.717, 1.165) is 54.0 Å². The fourth-order valence-corrected chi connectivity index (χ4v) is 7.93. The molecule has 10 rings (SSSR count). The van der Waals surface area contributed by atoms with E-state index in [1.54, 1.807) is 11.3 Å². The minimum absolute atomic E-state index is 0.898. The normalized spacial score (nSPS) is 12.3. The second-order valence-corrected chi connectivity index (χ2v) is 11.8. The first-order valence-corrected chi connectivity index (χ1v) is 14.9. The molecule has 0 bridgehead atoms. The molecule has 4 aromatic heterocycles. The minimum atomic E-state index is 0.898. The summed E-state index contributed by atoms with van der Waals surface area (Å²) in [5.74, 6) is 0. The van der Waals surface area contributed by atoms with Crippen molar-refractivity contribution in [3.63, 3.8) is 0 Å². The molecule has 0 aliphatic carbocycles. The van der Waals surface area contributed by atoms with Crippen LogP contribution in [0.1, 0.15) is 0 Å². The molecule has 4 nitrogen and oxygen atoms in total. The highest BCUT2D eigenvalue weighted by atomic mass is 32.1. The summed E-state index contributed by atoms with van der Waals surface area (Å²) in [4.78, 5) is 5.22. The number of para-hydroxylation sites is 4. The van der Waals surface area contributed by atoms with Crippen LogP contribution in [-0.2, 0) is 0 Å². The molecule has 0 saturated carbocycles. The van der Waals surface area contributed by atoms with Crippen LogP contribution in [0.4, 0.5) is 0 Å². The smallest absolute Gasteiger partial charge is 0.195 e. The van der Waals surface area contributed by atoms with Crippen LogP contribution < -0.4 is 0 Å². The van der Waals surface area contributed by atoms with Crippen LogP contribution in [0.25, 0.3) is 86.6 Å². The molecule has 0 radical (unpaired) electrons. The van der Waals surface area contributed by atoms with E-state index in [1.165, 1.54) is 32.6 Å². The number of hydrogen-bond donors (Lipinski definition) is 0. The highest BCUT2D eigenvalue weighted by Gasteiger charge is 2.20. The number of nitrogens with zero attached hydrogens (tertiary/aromatic N) is 3. The Morgan fingerprint density at radius 1 is 0.500 bits per heavy atom. The van der Waals surface area contributed by atoms with Crippen molar-refractivity contribution in [2.75, 3.05) is 0 Å². The van der Waals surface area contributed by atoms with Crippen LogP contribution in [0.5, 0.6) is 0 Å². The van der Waals surface area contributed by atoms with E-state index in [2.05, 4.69) is 118 Å². The van der Waals surface area contributed by atoms with E-state index in [-0.39, 0.29) is 0 Å². The summed E-state index contributed by atoms with van der Waals surface area (Å²) < 4.78 is 12.1. The van der Waals surface area contributed by atoms with Crippen molar-refractivity contribution < 1.29 is 4.42 Å². The second-order valence-electron chi connectivity index (χ2n) is 10.8. The van der Waals surface area contributed by atoms with Crippen molar-refractivity contribution in [1.29, 1.82) is 0 Å². The molecule has 0 amide bonds. The van der Waals surface area contributed by atoms with Gasteiger partial charge in [0.25, 0.3) is 0 Å². The maximum absolute atomic E-state index is 6.20. The lowest BCUT2D eigenvalue weighted by molar-refractivity contribution is 0.669. The maximum atomic E-state index is 6.20.